The lowest BCUT2D eigenvalue weighted by Crippen LogP contribution is -2.60. The Bertz CT molecular complexity index is 1680. The van der Waals surface area contributed by atoms with E-state index in [1.807, 2.05) is 91.0 Å². The van der Waals surface area contributed by atoms with Gasteiger partial charge in [0.2, 0.25) is 0 Å². The van der Waals surface area contributed by atoms with Gasteiger partial charge in [-0.1, -0.05) is 122 Å². The Morgan fingerprint density at radius 2 is 1.23 bits per heavy atom. The molecule has 0 N–H and O–H groups in total. The zero-order chi connectivity index (χ0) is 32.3. The van der Waals surface area contributed by atoms with Crippen LogP contribution in [0.2, 0.25) is 0 Å². The van der Waals surface area contributed by atoms with Crippen molar-refractivity contribution in [2.24, 2.45) is 0 Å². The maximum Gasteiger partial charge on any atom is 0.338 e. The van der Waals surface area contributed by atoms with Gasteiger partial charge in [-0.3, -0.25) is 0 Å². The lowest BCUT2D eigenvalue weighted by atomic mass is 9.98. The number of benzene rings is 5. The minimum absolute atomic E-state index is 0.275. The van der Waals surface area contributed by atoms with Gasteiger partial charge in [-0.15, -0.1) is 11.8 Å². The largest absolute Gasteiger partial charge is 0.452 e. The Morgan fingerprint density at radius 3 is 1.89 bits per heavy atom. The molecule has 0 unspecified atom stereocenters. The Labute approximate surface area is 281 Å². The highest BCUT2D eigenvalue weighted by molar-refractivity contribution is 7.99. The summed E-state index contributed by atoms with van der Waals surface area (Å²) in [6.07, 6.45) is -2.42. The van der Waals surface area contributed by atoms with Gasteiger partial charge in [0.25, 0.3) is 0 Å². The molecule has 1 saturated heterocycles. The fourth-order valence-corrected chi connectivity index (χ4v) is 6.70. The molecule has 0 bridgehead atoms. The van der Waals surface area contributed by atoms with Crippen LogP contribution in [0.25, 0.3) is 10.8 Å². The predicted molar refractivity (Wildman–Crippen MR) is 186 cm³/mol. The Morgan fingerprint density at radius 1 is 0.638 bits per heavy atom. The summed E-state index contributed by atoms with van der Waals surface area (Å²) < 4.78 is 32.7. The van der Waals surface area contributed by atoms with E-state index in [-0.39, 0.29) is 6.61 Å². The fourth-order valence-electron chi connectivity index (χ4n) is 5.75. The van der Waals surface area contributed by atoms with Gasteiger partial charge in [-0.05, 0) is 51.4 Å². The normalized spacial score (nSPS) is 21.0. The summed E-state index contributed by atoms with van der Waals surface area (Å²) in [4.78, 5) is 13.5. The molecule has 5 atom stereocenters. The van der Waals surface area contributed by atoms with Crippen molar-refractivity contribution in [1.82, 2.24) is 0 Å². The molecule has 6 rings (SSSR count). The molecule has 7 heteroatoms. The van der Waals surface area contributed by atoms with Crippen molar-refractivity contribution in [3.8, 4) is 0 Å². The van der Waals surface area contributed by atoms with Crippen molar-refractivity contribution in [3.05, 3.63) is 156 Å². The van der Waals surface area contributed by atoms with E-state index in [4.69, 9.17) is 23.7 Å². The smallest absolute Gasteiger partial charge is 0.338 e. The third-order valence-electron chi connectivity index (χ3n) is 8.11. The van der Waals surface area contributed by atoms with Crippen molar-refractivity contribution in [2.45, 2.75) is 56.6 Å². The van der Waals surface area contributed by atoms with Crippen molar-refractivity contribution < 1.29 is 28.5 Å². The van der Waals surface area contributed by atoms with Crippen LogP contribution in [0, 0.1) is 0 Å². The minimum atomic E-state index is -0.728. The van der Waals surface area contributed by atoms with Gasteiger partial charge < -0.3 is 23.7 Å². The van der Waals surface area contributed by atoms with Gasteiger partial charge in [-0.2, -0.15) is 0 Å². The summed E-state index contributed by atoms with van der Waals surface area (Å²) in [5, 5.41) is 2.36. The molecular formula is C40H40O6S. The molecule has 0 aliphatic carbocycles. The molecule has 242 valence electrons. The number of thioether (sulfide) groups is 1. The maximum atomic E-state index is 13.5. The van der Waals surface area contributed by atoms with Crippen LogP contribution in [0.15, 0.2) is 133 Å². The SMILES string of the molecule is CCS[C@@H]1O[C@H](COCc2ccc3ccccc3c2)[C@@H](OCc2ccccc2)[C@H](OCc2ccccc2)[C@H]1OC(=O)c1ccccc1. The van der Waals surface area contributed by atoms with Crippen molar-refractivity contribution >= 4 is 28.5 Å². The summed E-state index contributed by atoms with van der Waals surface area (Å²) >= 11 is 1.58. The average molecular weight is 649 g/mol. The van der Waals surface area contributed by atoms with Gasteiger partial charge in [0.05, 0.1) is 32.0 Å². The molecule has 0 spiro atoms. The van der Waals surface area contributed by atoms with E-state index in [1.54, 1.807) is 23.9 Å². The first kappa shape index (κ1) is 32.9. The minimum Gasteiger partial charge on any atom is -0.452 e. The van der Waals surface area contributed by atoms with E-state index in [2.05, 4.69) is 37.3 Å². The highest BCUT2D eigenvalue weighted by Crippen LogP contribution is 2.35. The molecule has 0 saturated carbocycles. The van der Waals surface area contributed by atoms with Crippen molar-refractivity contribution in [2.75, 3.05) is 12.4 Å². The van der Waals surface area contributed by atoms with E-state index < -0.39 is 35.8 Å². The van der Waals surface area contributed by atoms with Crippen molar-refractivity contribution in [3.63, 3.8) is 0 Å². The van der Waals surface area contributed by atoms with E-state index >= 15 is 0 Å². The Kier molecular flexibility index (Phi) is 11.7. The molecule has 0 amide bonds. The number of hydrogen-bond donors (Lipinski definition) is 0. The number of carbonyl (C=O) groups excluding carboxylic acids is 1. The van der Waals surface area contributed by atoms with Gasteiger partial charge in [-0.25, -0.2) is 4.79 Å². The van der Waals surface area contributed by atoms with E-state index in [0.717, 1.165) is 22.4 Å². The molecule has 1 aliphatic heterocycles. The number of hydrogen-bond acceptors (Lipinski definition) is 7. The summed E-state index contributed by atoms with van der Waals surface area (Å²) in [5.41, 5.74) is 3.09. The van der Waals surface area contributed by atoms with Crippen molar-refractivity contribution in [1.29, 1.82) is 0 Å². The summed E-state index contributed by atoms with van der Waals surface area (Å²) in [6, 6.07) is 43.7. The third-order valence-corrected chi connectivity index (χ3v) is 9.15. The average Bonchev–Trinajstić information content (AvgIpc) is 3.12. The summed E-state index contributed by atoms with van der Waals surface area (Å²) in [6.45, 7) is 3.42. The molecule has 1 heterocycles. The Balaban J connectivity index is 1.27. The second kappa shape index (κ2) is 16.7. The van der Waals surface area contributed by atoms with Crippen LogP contribution in [-0.4, -0.2) is 48.2 Å². The topological polar surface area (TPSA) is 63.2 Å². The number of esters is 1. The van der Waals surface area contributed by atoms with Crippen LogP contribution < -0.4 is 0 Å². The first-order valence-electron chi connectivity index (χ1n) is 16.1. The molecule has 6 nitrogen and oxygen atoms in total. The van der Waals surface area contributed by atoms with Gasteiger partial charge in [0.1, 0.15) is 23.7 Å². The first-order chi connectivity index (χ1) is 23.2. The summed E-state index contributed by atoms with van der Waals surface area (Å²) in [7, 11) is 0. The number of carbonyl (C=O) groups is 1. The fraction of sp³-hybridized carbons (Fsp3) is 0.275. The highest BCUT2D eigenvalue weighted by Gasteiger charge is 2.50. The quantitative estimate of drug-likeness (QED) is 0.112. The molecule has 47 heavy (non-hydrogen) atoms. The van der Waals surface area contributed by atoms with Crippen LogP contribution in [0.4, 0.5) is 0 Å². The first-order valence-corrected chi connectivity index (χ1v) is 17.1. The van der Waals surface area contributed by atoms with Gasteiger partial charge >= 0.3 is 5.97 Å². The molecule has 1 fully saturated rings. The van der Waals surface area contributed by atoms with E-state index in [9.17, 15) is 4.79 Å². The standard InChI is InChI=1S/C40H40O6S/c1-2-47-40-38(46-39(41)33-19-10-5-11-20-33)37(44-27-30-16-8-4-9-17-30)36(43-26-29-14-6-3-7-15-29)35(45-40)28-42-25-31-22-23-32-18-12-13-21-34(32)24-31/h3-24,35-38,40H,2,25-28H2,1H3/t35-,36-,37+,38-,40+/m1/s1. The molecular weight excluding hydrogens is 609 g/mol. The molecule has 5 aromatic rings. The second-order valence-electron chi connectivity index (χ2n) is 11.5. The number of rotatable bonds is 14. The lowest BCUT2D eigenvalue weighted by molar-refractivity contribution is -0.242. The molecule has 1 aliphatic rings. The van der Waals surface area contributed by atoms with Crippen LogP contribution in [0.1, 0.15) is 34.0 Å². The van der Waals surface area contributed by atoms with Gasteiger partial charge in [0.15, 0.2) is 6.10 Å². The Hall–Kier alpha value is -3.98. The van der Waals surface area contributed by atoms with Gasteiger partial charge in [0, 0.05) is 0 Å². The van der Waals surface area contributed by atoms with E-state index in [1.165, 1.54) is 10.8 Å². The number of ether oxygens (including phenoxy) is 5. The maximum absolute atomic E-state index is 13.5. The summed E-state index contributed by atoms with van der Waals surface area (Å²) in [5.74, 6) is 0.331. The predicted octanol–water partition coefficient (Wildman–Crippen LogP) is 8.23. The van der Waals surface area contributed by atoms with E-state index in [0.29, 0.717) is 25.4 Å². The second-order valence-corrected chi connectivity index (χ2v) is 12.8. The zero-order valence-electron chi connectivity index (χ0n) is 26.5. The molecule has 0 aromatic heterocycles. The molecule has 0 radical (unpaired) electrons. The van der Waals surface area contributed by atoms with Crippen LogP contribution >= 0.6 is 11.8 Å². The monoisotopic (exact) mass is 648 g/mol. The zero-order valence-corrected chi connectivity index (χ0v) is 27.3. The van der Waals surface area contributed by atoms with Crippen LogP contribution in [0.5, 0.6) is 0 Å². The number of fused-ring (bicyclic) bond motifs is 1. The van der Waals surface area contributed by atoms with Crippen LogP contribution in [0.3, 0.4) is 0 Å². The lowest BCUT2D eigenvalue weighted by Gasteiger charge is -2.45. The van der Waals surface area contributed by atoms with Crippen LogP contribution in [-0.2, 0) is 43.5 Å². The third kappa shape index (κ3) is 8.89. The highest BCUT2D eigenvalue weighted by atomic mass is 32.2. The molecule has 5 aromatic carbocycles.